The molecule has 1 aliphatic rings. The summed E-state index contributed by atoms with van der Waals surface area (Å²) < 4.78 is 16.5. The minimum absolute atomic E-state index is 0.0685. The molecular formula is C19H26N2O4. The van der Waals surface area contributed by atoms with Crippen LogP contribution in [-0.2, 0) is 20.7 Å². The summed E-state index contributed by atoms with van der Waals surface area (Å²) in [4.78, 5) is 18.1. The van der Waals surface area contributed by atoms with Crippen LogP contribution in [0.15, 0.2) is 24.4 Å². The maximum atomic E-state index is 12.9. The number of likely N-dealkylation sites (tertiary alicyclic amines) is 1. The van der Waals surface area contributed by atoms with E-state index in [1.807, 2.05) is 36.2 Å². The number of benzene rings is 1. The van der Waals surface area contributed by atoms with E-state index in [-0.39, 0.29) is 18.1 Å². The minimum Gasteiger partial charge on any atom is -0.493 e. The molecule has 0 unspecified atom stereocenters. The van der Waals surface area contributed by atoms with Gasteiger partial charge in [0.15, 0.2) is 0 Å². The summed E-state index contributed by atoms with van der Waals surface area (Å²) in [7, 11) is 3.35. The van der Waals surface area contributed by atoms with Crippen molar-refractivity contribution >= 4 is 16.8 Å². The molecule has 6 heteroatoms. The van der Waals surface area contributed by atoms with Crippen molar-refractivity contribution in [3.05, 3.63) is 30.0 Å². The Bertz CT molecular complexity index is 727. The molecule has 2 atom stereocenters. The van der Waals surface area contributed by atoms with Gasteiger partial charge in [-0.2, -0.15) is 0 Å². The molecule has 0 aliphatic carbocycles. The van der Waals surface area contributed by atoms with Crippen molar-refractivity contribution in [3.8, 4) is 5.75 Å². The molecule has 0 saturated carbocycles. The minimum atomic E-state index is 0.0685. The molecule has 25 heavy (non-hydrogen) atoms. The quantitative estimate of drug-likeness (QED) is 0.836. The van der Waals surface area contributed by atoms with E-state index in [0.29, 0.717) is 26.2 Å². The number of aromatic nitrogens is 1. The first-order valence-electron chi connectivity index (χ1n) is 8.70. The first-order chi connectivity index (χ1) is 12.2. The number of methoxy groups -OCH3 is 2. The number of amides is 1. The number of carbonyl (C=O) groups excluding carboxylic acids is 1. The number of fused-ring (bicyclic) bond motifs is 1. The average Bonchev–Trinajstić information content (AvgIpc) is 3.20. The van der Waals surface area contributed by atoms with Crippen LogP contribution in [0.4, 0.5) is 0 Å². The topological polar surface area (TPSA) is 63.8 Å². The lowest BCUT2D eigenvalue weighted by molar-refractivity contribution is -0.132. The number of carbonyl (C=O) groups is 1. The average molecular weight is 346 g/mol. The molecule has 1 saturated heterocycles. The Morgan fingerprint density at radius 1 is 1.36 bits per heavy atom. The van der Waals surface area contributed by atoms with Gasteiger partial charge in [0, 0.05) is 37.9 Å². The van der Waals surface area contributed by atoms with E-state index >= 15 is 0 Å². The summed E-state index contributed by atoms with van der Waals surface area (Å²) in [6, 6.07) is 5.96. The van der Waals surface area contributed by atoms with E-state index in [4.69, 9.17) is 14.2 Å². The van der Waals surface area contributed by atoms with Crippen LogP contribution in [-0.4, -0.2) is 61.9 Å². The van der Waals surface area contributed by atoms with E-state index in [9.17, 15) is 4.79 Å². The molecule has 1 N–H and O–H groups in total. The van der Waals surface area contributed by atoms with Crippen LogP contribution in [0.1, 0.15) is 18.9 Å². The van der Waals surface area contributed by atoms with Crippen LogP contribution in [0, 0.1) is 0 Å². The molecule has 1 amide bonds. The van der Waals surface area contributed by atoms with E-state index in [2.05, 4.69) is 4.98 Å². The molecule has 1 aromatic carbocycles. The highest BCUT2D eigenvalue weighted by Gasteiger charge is 2.35. The van der Waals surface area contributed by atoms with Gasteiger partial charge in [-0.15, -0.1) is 0 Å². The van der Waals surface area contributed by atoms with Gasteiger partial charge >= 0.3 is 0 Å². The van der Waals surface area contributed by atoms with Crippen LogP contribution in [0.3, 0.4) is 0 Å². The summed E-state index contributed by atoms with van der Waals surface area (Å²) in [5.74, 6) is 0.905. The monoisotopic (exact) mass is 346 g/mol. The van der Waals surface area contributed by atoms with Crippen molar-refractivity contribution in [2.75, 3.05) is 34.0 Å². The van der Waals surface area contributed by atoms with Crippen molar-refractivity contribution in [3.63, 3.8) is 0 Å². The van der Waals surface area contributed by atoms with Gasteiger partial charge in [-0.25, -0.2) is 0 Å². The number of rotatable bonds is 7. The predicted octanol–water partition coefficient (Wildman–Crippen LogP) is 2.37. The third-order valence-electron chi connectivity index (χ3n) is 4.78. The molecule has 2 aromatic rings. The highest BCUT2D eigenvalue weighted by molar-refractivity contribution is 5.93. The zero-order chi connectivity index (χ0) is 17.8. The van der Waals surface area contributed by atoms with Gasteiger partial charge in [0.2, 0.25) is 5.91 Å². The second kappa shape index (κ2) is 7.89. The maximum Gasteiger partial charge on any atom is 0.227 e. The number of nitrogens with zero attached hydrogens (tertiary/aromatic N) is 1. The summed E-state index contributed by atoms with van der Waals surface area (Å²) >= 11 is 0. The first kappa shape index (κ1) is 17.8. The van der Waals surface area contributed by atoms with Crippen LogP contribution in [0.5, 0.6) is 5.75 Å². The highest BCUT2D eigenvalue weighted by Crippen LogP contribution is 2.30. The van der Waals surface area contributed by atoms with Crippen LogP contribution >= 0.6 is 0 Å². The zero-order valence-corrected chi connectivity index (χ0v) is 15.1. The van der Waals surface area contributed by atoms with Crippen molar-refractivity contribution in [1.82, 2.24) is 9.88 Å². The Morgan fingerprint density at radius 2 is 2.20 bits per heavy atom. The number of hydrogen-bond donors (Lipinski definition) is 1. The van der Waals surface area contributed by atoms with Gasteiger partial charge in [-0.1, -0.05) is 6.07 Å². The van der Waals surface area contributed by atoms with Crippen LogP contribution < -0.4 is 4.74 Å². The SMILES string of the molecule is CCOc1cccc2[nH]cc(CC(=O)N3C[C@@H](OC)C[C@H]3COC)c12. The summed E-state index contributed by atoms with van der Waals surface area (Å²) in [6.07, 6.45) is 3.13. The van der Waals surface area contributed by atoms with Crippen molar-refractivity contribution < 1.29 is 19.0 Å². The van der Waals surface area contributed by atoms with Gasteiger partial charge < -0.3 is 24.1 Å². The third-order valence-corrected chi connectivity index (χ3v) is 4.78. The van der Waals surface area contributed by atoms with Gasteiger partial charge in [0.25, 0.3) is 0 Å². The van der Waals surface area contributed by atoms with Crippen LogP contribution in [0.25, 0.3) is 10.9 Å². The second-order valence-electron chi connectivity index (χ2n) is 6.35. The normalized spacial score (nSPS) is 20.4. The first-order valence-corrected chi connectivity index (χ1v) is 8.70. The highest BCUT2D eigenvalue weighted by atomic mass is 16.5. The summed E-state index contributed by atoms with van der Waals surface area (Å²) in [5, 5.41) is 0.989. The van der Waals surface area contributed by atoms with E-state index in [0.717, 1.165) is 28.6 Å². The number of aromatic amines is 1. The fourth-order valence-electron chi connectivity index (χ4n) is 3.60. The molecule has 1 aliphatic heterocycles. The number of ether oxygens (including phenoxy) is 3. The molecule has 0 spiro atoms. The van der Waals surface area contributed by atoms with Crippen molar-refractivity contribution in [1.29, 1.82) is 0 Å². The predicted molar refractivity (Wildman–Crippen MR) is 96.0 cm³/mol. The lowest BCUT2D eigenvalue weighted by Gasteiger charge is -2.23. The third kappa shape index (κ3) is 3.65. The van der Waals surface area contributed by atoms with Crippen LogP contribution in [0.2, 0.25) is 0 Å². The number of nitrogens with one attached hydrogen (secondary N) is 1. The molecule has 3 rings (SSSR count). The molecule has 0 radical (unpaired) electrons. The Hall–Kier alpha value is -2.05. The summed E-state index contributed by atoms with van der Waals surface area (Å²) in [6.45, 7) is 3.70. The Labute approximate surface area is 148 Å². The molecule has 1 aromatic heterocycles. The van der Waals surface area contributed by atoms with E-state index in [1.165, 1.54) is 0 Å². The van der Waals surface area contributed by atoms with E-state index < -0.39 is 0 Å². The standard InChI is InChI=1S/C19H26N2O4/c1-4-25-17-7-5-6-16-19(17)13(10-20-16)8-18(22)21-11-15(24-3)9-14(21)12-23-2/h5-7,10,14-15,20H,4,8-9,11-12H2,1-3H3/t14-,15-/m0/s1. The maximum absolute atomic E-state index is 12.9. The molecule has 1 fully saturated rings. The van der Waals surface area contributed by atoms with Crippen molar-refractivity contribution in [2.45, 2.75) is 31.9 Å². The lowest BCUT2D eigenvalue weighted by atomic mass is 10.1. The Morgan fingerprint density at radius 3 is 2.92 bits per heavy atom. The largest absolute Gasteiger partial charge is 0.493 e. The Kier molecular flexibility index (Phi) is 5.60. The molecule has 2 heterocycles. The Balaban J connectivity index is 1.82. The van der Waals surface area contributed by atoms with Gasteiger partial charge in [-0.3, -0.25) is 4.79 Å². The molecule has 6 nitrogen and oxygen atoms in total. The molecule has 136 valence electrons. The second-order valence-corrected chi connectivity index (χ2v) is 6.35. The smallest absolute Gasteiger partial charge is 0.227 e. The summed E-state index contributed by atoms with van der Waals surface area (Å²) in [5.41, 5.74) is 1.94. The zero-order valence-electron chi connectivity index (χ0n) is 15.1. The fourth-order valence-corrected chi connectivity index (χ4v) is 3.60. The van der Waals surface area contributed by atoms with Crippen molar-refractivity contribution in [2.24, 2.45) is 0 Å². The molecule has 0 bridgehead atoms. The van der Waals surface area contributed by atoms with Gasteiger partial charge in [0.05, 0.1) is 31.8 Å². The van der Waals surface area contributed by atoms with Gasteiger partial charge in [-0.05, 0) is 31.0 Å². The fraction of sp³-hybridized carbons (Fsp3) is 0.526. The molecular weight excluding hydrogens is 320 g/mol. The lowest BCUT2D eigenvalue weighted by Crippen LogP contribution is -2.39. The van der Waals surface area contributed by atoms with Gasteiger partial charge in [0.1, 0.15) is 5.75 Å². The number of H-pyrrole nitrogens is 1. The number of hydrogen-bond acceptors (Lipinski definition) is 4. The van der Waals surface area contributed by atoms with E-state index in [1.54, 1.807) is 14.2 Å².